The maximum atomic E-state index is 5.60. The summed E-state index contributed by atoms with van der Waals surface area (Å²) in [6, 6.07) is 0.333. The van der Waals surface area contributed by atoms with Gasteiger partial charge in [-0.1, -0.05) is 13.3 Å². The van der Waals surface area contributed by atoms with E-state index in [2.05, 4.69) is 17.2 Å². The minimum atomic E-state index is 0. The lowest BCUT2D eigenvalue weighted by Crippen LogP contribution is -2.37. The molecule has 5 heteroatoms. The molecule has 4 nitrogen and oxygen atoms in total. The quantitative estimate of drug-likeness (QED) is 0.324. The maximum Gasteiger partial charge on any atom is 0.188 e. The molecule has 0 unspecified atom stereocenters. The second-order valence-electron chi connectivity index (χ2n) is 3.53. The lowest BCUT2D eigenvalue weighted by molar-refractivity contribution is 0.139. The van der Waals surface area contributed by atoms with Crippen LogP contribution in [0.15, 0.2) is 4.99 Å². The molecule has 0 aliphatic carbocycles. The molecule has 92 valence electrons. The number of unbranched alkanes of at least 4 members (excludes halogenated alkanes) is 1. The zero-order valence-electron chi connectivity index (χ0n) is 9.95. The molecule has 0 spiro atoms. The summed E-state index contributed by atoms with van der Waals surface area (Å²) in [6.07, 6.45) is 2.28. The van der Waals surface area contributed by atoms with Crippen LogP contribution in [-0.4, -0.2) is 31.8 Å². The van der Waals surface area contributed by atoms with Crippen LogP contribution in [0.2, 0.25) is 0 Å². The van der Waals surface area contributed by atoms with Crippen molar-refractivity contribution in [2.75, 3.05) is 19.8 Å². The smallest absolute Gasteiger partial charge is 0.188 e. The molecule has 0 bridgehead atoms. The third kappa shape index (κ3) is 14.0. The molecule has 0 aromatic heterocycles. The van der Waals surface area contributed by atoms with E-state index in [-0.39, 0.29) is 24.0 Å². The average Bonchev–Trinajstić information content (AvgIpc) is 2.10. The van der Waals surface area contributed by atoms with Gasteiger partial charge in [0.25, 0.3) is 0 Å². The first-order valence-corrected chi connectivity index (χ1v) is 5.31. The van der Waals surface area contributed by atoms with Crippen molar-refractivity contribution in [2.45, 2.75) is 39.7 Å². The van der Waals surface area contributed by atoms with Crippen LogP contribution >= 0.6 is 24.0 Å². The molecule has 0 fully saturated rings. The number of halogens is 1. The Hall–Kier alpha value is -0.0400. The zero-order valence-corrected chi connectivity index (χ0v) is 12.3. The minimum Gasteiger partial charge on any atom is -0.380 e. The van der Waals surface area contributed by atoms with Crippen molar-refractivity contribution in [1.82, 2.24) is 5.32 Å². The minimum absolute atomic E-state index is 0. The lowest BCUT2D eigenvalue weighted by atomic mass is 10.4. The average molecular weight is 329 g/mol. The van der Waals surface area contributed by atoms with E-state index >= 15 is 0 Å². The third-order valence-corrected chi connectivity index (χ3v) is 1.60. The standard InChI is InChI=1S/C10H23N3O.HI/c1-4-5-7-14-8-6-12-10(11)13-9(2)3;/h9H,4-8H2,1-3H3,(H3,11,12,13);1H. The number of aliphatic imine (C=N–C) groups is 1. The predicted octanol–water partition coefficient (Wildman–Crippen LogP) is 1.73. The van der Waals surface area contributed by atoms with E-state index in [1.807, 2.05) is 13.8 Å². The van der Waals surface area contributed by atoms with E-state index in [9.17, 15) is 0 Å². The van der Waals surface area contributed by atoms with Crippen molar-refractivity contribution in [3.05, 3.63) is 0 Å². The highest BCUT2D eigenvalue weighted by atomic mass is 127. The molecule has 0 heterocycles. The zero-order chi connectivity index (χ0) is 10.8. The Morgan fingerprint density at radius 3 is 2.60 bits per heavy atom. The van der Waals surface area contributed by atoms with Crippen LogP contribution in [0.3, 0.4) is 0 Å². The molecule has 0 saturated carbocycles. The summed E-state index contributed by atoms with van der Waals surface area (Å²) in [7, 11) is 0. The fourth-order valence-electron chi connectivity index (χ4n) is 0.921. The van der Waals surface area contributed by atoms with Crippen molar-refractivity contribution in [3.63, 3.8) is 0 Å². The Bertz CT molecular complexity index is 163. The summed E-state index contributed by atoms with van der Waals surface area (Å²) in [6.45, 7) is 8.31. The monoisotopic (exact) mass is 329 g/mol. The van der Waals surface area contributed by atoms with Crippen LogP contribution < -0.4 is 11.1 Å². The van der Waals surface area contributed by atoms with Gasteiger partial charge in [-0.25, -0.2) is 0 Å². The second-order valence-corrected chi connectivity index (χ2v) is 3.53. The van der Waals surface area contributed by atoms with Crippen LogP contribution in [0, 0.1) is 0 Å². The fraction of sp³-hybridized carbons (Fsp3) is 0.900. The molecule has 0 aromatic carbocycles. The molecule has 15 heavy (non-hydrogen) atoms. The number of rotatable bonds is 7. The summed E-state index contributed by atoms with van der Waals surface area (Å²) < 4.78 is 5.34. The van der Waals surface area contributed by atoms with Crippen LogP contribution in [0.4, 0.5) is 0 Å². The molecule has 0 radical (unpaired) electrons. The Morgan fingerprint density at radius 2 is 2.07 bits per heavy atom. The largest absolute Gasteiger partial charge is 0.380 e. The third-order valence-electron chi connectivity index (χ3n) is 1.60. The van der Waals surface area contributed by atoms with Gasteiger partial charge in [0.2, 0.25) is 0 Å². The van der Waals surface area contributed by atoms with E-state index in [1.165, 1.54) is 6.42 Å². The Labute approximate surface area is 110 Å². The highest BCUT2D eigenvalue weighted by Gasteiger charge is 1.93. The number of ether oxygens (including phenoxy) is 1. The lowest BCUT2D eigenvalue weighted by Gasteiger charge is -2.08. The summed E-state index contributed by atoms with van der Waals surface area (Å²) >= 11 is 0. The Kier molecular flexibility index (Phi) is 13.9. The molecule has 0 rings (SSSR count). The number of hydrogen-bond acceptors (Lipinski definition) is 2. The predicted molar refractivity (Wildman–Crippen MR) is 75.9 cm³/mol. The van der Waals surface area contributed by atoms with E-state index in [0.29, 0.717) is 25.2 Å². The number of guanidine groups is 1. The molecule has 0 amide bonds. The molecular weight excluding hydrogens is 305 g/mol. The molecule has 0 aliphatic heterocycles. The molecule has 3 N–H and O–H groups in total. The van der Waals surface area contributed by atoms with Gasteiger partial charge in [0.05, 0.1) is 13.2 Å². The number of hydrogen-bond donors (Lipinski definition) is 2. The van der Waals surface area contributed by atoms with Crippen molar-refractivity contribution in [1.29, 1.82) is 0 Å². The fourth-order valence-corrected chi connectivity index (χ4v) is 0.921. The van der Waals surface area contributed by atoms with Crippen molar-refractivity contribution in [2.24, 2.45) is 10.7 Å². The Balaban J connectivity index is 0. The first-order valence-electron chi connectivity index (χ1n) is 5.31. The van der Waals surface area contributed by atoms with Gasteiger partial charge in [-0.2, -0.15) is 0 Å². The van der Waals surface area contributed by atoms with Crippen LogP contribution in [0.25, 0.3) is 0 Å². The first-order chi connectivity index (χ1) is 6.66. The molecule has 0 saturated heterocycles. The molecule has 0 aromatic rings. The summed E-state index contributed by atoms with van der Waals surface area (Å²) in [5.41, 5.74) is 5.60. The summed E-state index contributed by atoms with van der Waals surface area (Å²) in [5.74, 6) is 0.499. The van der Waals surface area contributed by atoms with Crippen molar-refractivity contribution >= 4 is 29.9 Å². The van der Waals surface area contributed by atoms with Crippen LogP contribution in [0.1, 0.15) is 33.6 Å². The van der Waals surface area contributed by atoms with Crippen molar-refractivity contribution < 1.29 is 4.74 Å². The molecule has 0 aliphatic rings. The van der Waals surface area contributed by atoms with E-state index < -0.39 is 0 Å². The van der Waals surface area contributed by atoms with Gasteiger partial charge < -0.3 is 15.8 Å². The number of nitrogens with one attached hydrogen (secondary N) is 1. The molecular formula is C10H24IN3O. The van der Waals surface area contributed by atoms with Gasteiger partial charge >= 0.3 is 0 Å². The van der Waals surface area contributed by atoms with Gasteiger partial charge in [-0.15, -0.1) is 24.0 Å². The van der Waals surface area contributed by atoms with Gasteiger partial charge in [-0.3, -0.25) is 4.99 Å². The summed E-state index contributed by atoms with van der Waals surface area (Å²) in [4.78, 5) is 4.12. The maximum absolute atomic E-state index is 5.60. The summed E-state index contributed by atoms with van der Waals surface area (Å²) in [5, 5.41) is 3.02. The van der Waals surface area contributed by atoms with Gasteiger partial charge in [0, 0.05) is 12.6 Å². The second kappa shape index (κ2) is 12.0. The van der Waals surface area contributed by atoms with Gasteiger partial charge in [0.15, 0.2) is 5.96 Å². The van der Waals surface area contributed by atoms with E-state index in [0.717, 1.165) is 13.0 Å². The first kappa shape index (κ1) is 17.4. The SMILES string of the molecule is CCCCOCCN=C(N)NC(C)C.I. The van der Waals surface area contributed by atoms with Gasteiger partial charge in [-0.05, 0) is 20.3 Å². The van der Waals surface area contributed by atoms with E-state index in [4.69, 9.17) is 10.5 Å². The van der Waals surface area contributed by atoms with Gasteiger partial charge in [0.1, 0.15) is 0 Å². The highest BCUT2D eigenvalue weighted by molar-refractivity contribution is 14.0. The topological polar surface area (TPSA) is 59.6 Å². The molecule has 0 atom stereocenters. The Morgan fingerprint density at radius 1 is 1.40 bits per heavy atom. The highest BCUT2D eigenvalue weighted by Crippen LogP contribution is 1.87. The normalized spacial score (nSPS) is 11.3. The van der Waals surface area contributed by atoms with Crippen molar-refractivity contribution in [3.8, 4) is 0 Å². The van der Waals surface area contributed by atoms with Crippen LogP contribution in [-0.2, 0) is 4.74 Å². The van der Waals surface area contributed by atoms with Crippen LogP contribution in [0.5, 0.6) is 0 Å². The number of nitrogens with zero attached hydrogens (tertiary/aromatic N) is 1. The van der Waals surface area contributed by atoms with E-state index in [1.54, 1.807) is 0 Å². The number of nitrogens with two attached hydrogens (primary N) is 1.